The van der Waals surface area contributed by atoms with E-state index in [0.717, 1.165) is 30.0 Å². The number of benzene rings is 2. The van der Waals surface area contributed by atoms with E-state index in [0.29, 0.717) is 6.61 Å². The van der Waals surface area contributed by atoms with Gasteiger partial charge in [-0.15, -0.1) is 0 Å². The topological polar surface area (TPSA) is 34.1 Å². The van der Waals surface area contributed by atoms with Crippen LogP contribution >= 0.6 is 0 Å². The Hall–Kier alpha value is -2.33. The fourth-order valence-electron chi connectivity index (χ4n) is 4.50. The molecule has 4 nitrogen and oxygen atoms in total. The van der Waals surface area contributed by atoms with Crippen LogP contribution in [-0.2, 0) is 10.4 Å². The van der Waals surface area contributed by atoms with E-state index in [1.165, 1.54) is 37.9 Å². The van der Waals surface area contributed by atoms with Gasteiger partial charge in [-0.2, -0.15) is 0 Å². The van der Waals surface area contributed by atoms with E-state index in [1.807, 2.05) is 24.3 Å². The van der Waals surface area contributed by atoms with Gasteiger partial charge in [-0.25, -0.2) is 0 Å². The first-order valence-electron chi connectivity index (χ1n) is 10.1. The van der Waals surface area contributed by atoms with Gasteiger partial charge in [0.15, 0.2) is 0 Å². The van der Waals surface area contributed by atoms with Gasteiger partial charge in [0.25, 0.3) is 0 Å². The molecule has 27 heavy (non-hydrogen) atoms. The molecule has 2 aromatic carbocycles. The molecule has 1 saturated heterocycles. The Morgan fingerprint density at radius 3 is 2.63 bits per heavy atom. The third-order valence-corrected chi connectivity index (χ3v) is 6.07. The number of nitrogens with zero attached hydrogens (tertiary/aromatic N) is 2. The number of fused-ring (bicyclic) bond motifs is 2. The van der Waals surface area contributed by atoms with Crippen LogP contribution in [0.15, 0.2) is 59.8 Å². The first kappa shape index (κ1) is 16.8. The van der Waals surface area contributed by atoms with E-state index in [9.17, 15) is 0 Å². The van der Waals surface area contributed by atoms with E-state index < -0.39 is 0 Å². The first-order chi connectivity index (χ1) is 13.4. The highest BCUT2D eigenvalue weighted by Gasteiger charge is 2.64. The summed E-state index contributed by atoms with van der Waals surface area (Å²) < 4.78 is 6.47. The van der Waals surface area contributed by atoms with Crippen LogP contribution in [0.2, 0.25) is 0 Å². The average Bonchev–Trinajstić information content (AvgIpc) is 3.47. The van der Waals surface area contributed by atoms with Crippen molar-refractivity contribution in [2.75, 3.05) is 26.2 Å². The molecule has 2 unspecified atom stereocenters. The smallest absolute Gasteiger partial charge is 0.143 e. The highest BCUT2D eigenvalue weighted by Crippen LogP contribution is 2.60. The molecular formula is C23H26N2O2. The SMILES string of the molecule is c1ccc(C23CC2C(=NOCCN2CCCCC2)c2ccccc2O3)cc1. The first-order valence-corrected chi connectivity index (χ1v) is 10.1. The molecule has 5 rings (SSSR count). The zero-order valence-corrected chi connectivity index (χ0v) is 15.6. The van der Waals surface area contributed by atoms with Gasteiger partial charge in [0.2, 0.25) is 0 Å². The Balaban J connectivity index is 1.35. The van der Waals surface area contributed by atoms with Gasteiger partial charge in [-0.05, 0) is 43.6 Å². The predicted octanol–water partition coefficient (Wildman–Crippen LogP) is 4.20. The maximum atomic E-state index is 6.47. The highest BCUT2D eigenvalue weighted by atomic mass is 16.6. The molecule has 4 heteroatoms. The summed E-state index contributed by atoms with van der Waals surface area (Å²) in [6, 6.07) is 18.7. The van der Waals surface area contributed by atoms with Crippen LogP contribution in [0.25, 0.3) is 0 Å². The Labute approximate surface area is 160 Å². The lowest BCUT2D eigenvalue weighted by atomic mass is 9.96. The van der Waals surface area contributed by atoms with Crippen molar-refractivity contribution < 1.29 is 9.57 Å². The zero-order chi connectivity index (χ0) is 18.1. The summed E-state index contributed by atoms with van der Waals surface area (Å²) in [5.41, 5.74) is 3.07. The summed E-state index contributed by atoms with van der Waals surface area (Å²) in [5.74, 6) is 1.18. The molecule has 1 saturated carbocycles. The zero-order valence-electron chi connectivity index (χ0n) is 15.6. The monoisotopic (exact) mass is 362 g/mol. The third-order valence-electron chi connectivity index (χ3n) is 6.07. The Morgan fingerprint density at radius 2 is 1.78 bits per heavy atom. The fourth-order valence-corrected chi connectivity index (χ4v) is 4.50. The minimum Gasteiger partial charge on any atom is -0.481 e. The van der Waals surface area contributed by atoms with Crippen LogP contribution in [0.1, 0.15) is 36.8 Å². The van der Waals surface area contributed by atoms with Gasteiger partial charge < -0.3 is 9.57 Å². The van der Waals surface area contributed by atoms with Gasteiger partial charge >= 0.3 is 0 Å². The lowest BCUT2D eigenvalue weighted by molar-refractivity contribution is 0.1000. The molecule has 0 aromatic heterocycles. The molecule has 0 radical (unpaired) electrons. The molecule has 2 fully saturated rings. The predicted molar refractivity (Wildman–Crippen MR) is 106 cm³/mol. The number of ether oxygens (including phenoxy) is 1. The Bertz CT molecular complexity index is 829. The van der Waals surface area contributed by atoms with Crippen molar-refractivity contribution in [3.05, 3.63) is 65.7 Å². The third kappa shape index (κ3) is 3.12. The van der Waals surface area contributed by atoms with E-state index in [2.05, 4.69) is 40.4 Å². The van der Waals surface area contributed by atoms with Crippen LogP contribution in [-0.4, -0.2) is 36.9 Å². The lowest BCUT2D eigenvalue weighted by Crippen LogP contribution is -2.32. The number of hydrogen-bond donors (Lipinski definition) is 0. The van der Waals surface area contributed by atoms with Crippen LogP contribution in [0.5, 0.6) is 5.75 Å². The van der Waals surface area contributed by atoms with E-state index in [4.69, 9.17) is 9.57 Å². The summed E-state index contributed by atoms with van der Waals surface area (Å²) in [6.45, 7) is 3.99. The molecule has 2 aliphatic heterocycles. The highest BCUT2D eigenvalue weighted by molar-refractivity contribution is 6.08. The van der Waals surface area contributed by atoms with Gasteiger partial charge in [-0.3, -0.25) is 4.90 Å². The molecule has 2 heterocycles. The molecule has 2 atom stereocenters. The van der Waals surface area contributed by atoms with Crippen molar-refractivity contribution >= 4 is 5.71 Å². The number of hydrogen-bond acceptors (Lipinski definition) is 4. The molecule has 3 aliphatic rings. The van der Waals surface area contributed by atoms with Crippen LogP contribution in [0.4, 0.5) is 0 Å². The standard InChI is InChI=1S/C23H26N2O2/c1-3-9-18(10-4-1)23-17-20(23)22(19-11-5-6-12-21(19)27-23)24-26-16-15-25-13-7-2-8-14-25/h1,3-6,9-12,20H,2,7-8,13-17H2. The average molecular weight is 362 g/mol. The maximum absolute atomic E-state index is 6.47. The molecule has 1 aliphatic carbocycles. The van der Waals surface area contributed by atoms with Crippen molar-refractivity contribution in [3.63, 3.8) is 0 Å². The van der Waals surface area contributed by atoms with E-state index in [1.54, 1.807) is 0 Å². The number of piperidine rings is 1. The van der Waals surface area contributed by atoms with Crippen molar-refractivity contribution in [3.8, 4) is 5.75 Å². The van der Waals surface area contributed by atoms with Crippen molar-refractivity contribution in [1.82, 2.24) is 4.90 Å². The van der Waals surface area contributed by atoms with Crippen LogP contribution in [0, 0.1) is 5.92 Å². The van der Waals surface area contributed by atoms with Crippen molar-refractivity contribution in [2.24, 2.45) is 11.1 Å². The molecule has 2 aromatic rings. The second-order valence-corrected chi connectivity index (χ2v) is 7.82. The largest absolute Gasteiger partial charge is 0.481 e. The Kier molecular flexibility index (Phi) is 4.36. The number of oxime groups is 1. The van der Waals surface area contributed by atoms with Gasteiger partial charge in [0.05, 0.1) is 11.6 Å². The second-order valence-electron chi connectivity index (χ2n) is 7.82. The molecular weight excluding hydrogens is 336 g/mol. The van der Waals surface area contributed by atoms with Gasteiger partial charge in [0, 0.05) is 18.5 Å². The summed E-state index contributed by atoms with van der Waals surface area (Å²) in [4.78, 5) is 8.28. The van der Waals surface area contributed by atoms with Crippen molar-refractivity contribution in [1.29, 1.82) is 0 Å². The molecule has 0 bridgehead atoms. The van der Waals surface area contributed by atoms with Gasteiger partial charge in [0.1, 0.15) is 18.0 Å². The fraction of sp³-hybridized carbons (Fsp3) is 0.435. The molecule has 0 spiro atoms. The lowest BCUT2D eigenvalue weighted by Gasteiger charge is -2.28. The summed E-state index contributed by atoms with van der Waals surface area (Å²) in [6.07, 6.45) is 4.93. The summed E-state index contributed by atoms with van der Waals surface area (Å²) in [7, 11) is 0. The van der Waals surface area contributed by atoms with Gasteiger partial charge in [-0.1, -0.05) is 54.0 Å². The quantitative estimate of drug-likeness (QED) is 0.590. The minimum absolute atomic E-state index is 0.268. The number of rotatable bonds is 5. The van der Waals surface area contributed by atoms with Crippen LogP contribution in [0.3, 0.4) is 0 Å². The summed E-state index contributed by atoms with van der Waals surface area (Å²) >= 11 is 0. The van der Waals surface area contributed by atoms with E-state index >= 15 is 0 Å². The van der Waals surface area contributed by atoms with Crippen molar-refractivity contribution in [2.45, 2.75) is 31.3 Å². The molecule has 0 amide bonds. The summed E-state index contributed by atoms with van der Waals surface area (Å²) in [5, 5.41) is 4.61. The second kappa shape index (κ2) is 7.01. The number of likely N-dealkylation sites (tertiary alicyclic amines) is 1. The maximum Gasteiger partial charge on any atom is 0.143 e. The molecule has 140 valence electrons. The number of para-hydroxylation sites is 1. The van der Waals surface area contributed by atoms with Crippen LogP contribution < -0.4 is 4.74 Å². The normalized spacial score (nSPS) is 28.1. The van der Waals surface area contributed by atoms with E-state index in [-0.39, 0.29) is 11.5 Å². The Morgan fingerprint density at radius 1 is 1.00 bits per heavy atom. The minimum atomic E-state index is -0.273. The molecule has 0 N–H and O–H groups in total.